The minimum atomic E-state index is -0.0533. The van der Waals surface area contributed by atoms with Gasteiger partial charge in [0.05, 0.1) is 0 Å². The molecule has 1 aromatic rings. The van der Waals surface area contributed by atoms with Crippen LogP contribution in [0.5, 0.6) is 0 Å². The van der Waals surface area contributed by atoms with Gasteiger partial charge >= 0.3 is 0 Å². The van der Waals surface area contributed by atoms with Crippen LogP contribution in [0.4, 0.5) is 11.6 Å². The van der Waals surface area contributed by atoms with Crippen LogP contribution < -0.4 is 10.2 Å². The number of hydrogen-bond acceptors (Lipinski definition) is 5. The molecule has 1 rings (SSSR count). The first kappa shape index (κ1) is 18.1. The Morgan fingerprint density at radius 1 is 1.29 bits per heavy atom. The van der Waals surface area contributed by atoms with Crippen molar-refractivity contribution in [3.05, 3.63) is 11.9 Å². The first-order valence-corrected chi connectivity index (χ1v) is 9.08. The summed E-state index contributed by atoms with van der Waals surface area (Å²) < 4.78 is 0. The number of nitrogens with one attached hydrogen (secondary N) is 1. The summed E-state index contributed by atoms with van der Waals surface area (Å²) in [6, 6.07) is 2.55. The normalized spacial score (nSPS) is 13.1. The largest absolute Gasteiger partial charge is 0.370 e. The molecule has 0 bridgehead atoms. The van der Waals surface area contributed by atoms with Crippen LogP contribution in [0, 0.1) is 0 Å². The van der Waals surface area contributed by atoms with E-state index in [-0.39, 0.29) is 5.41 Å². The van der Waals surface area contributed by atoms with Gasteiger partial charge in [-0.05, 0) is 19.6 Å². The molecule has 0 aliphatic rings. The van der Waals surface area contributed by atoms with E-state index in [1.165, 1.54) is 0 Å². The highest BCUT2D eigenvalue weighted by Crippen LogP contribution is 2.25. The molecule has 1 N–H and O–H groups in total. The van der Waals surface area contributed by atoms with Crippen molar-refractivity contribution in [1.82, 2.24) is 9.97 Å². The third-order valence-corrected chi connectivity index (χ3v) is 4.20. The van der Waals surface area contributed by atoms with Crippen LogP contribution in [0.25, 0.3) is 0 Å². The average Bonchev–Trinajstić information content (AvgIpc) is 2.43. The van der Waals surface area contributed by atoms with Gasteiger partial charge in [-0.2, -0.15) is 11.8 Å². The molecule has 0 radical (unpaired) electrons. The number of nitrogens with zero attached hydrogens (tertiary/aromatic N) is 3. The smallest absolute Gasteiger partial charge is 0.138 e. The summed E-state index contributed by atoms with van der Waals surface area (Å²) in [6.07, 6.45) is 3.27. The monoisotopic (exact) mass is 310 g/mol. The van der Waals surface area contributed by atoms with Gasteiger partial charge in [0.2, 0.25) is 0 Å². The fraction of sp³-hybridized carbons (Fsp3) is 0.750. The van der Waals surface area contributed by atoms with Gasteiger partial charge in [-0.3, -0.25) is 0 Å². The Hall–Kier alpha value is -0.970. The van der Waals surface area contributed by atoms with Crippen molar-refractivity contribution < 1.29 is 0 Å². The molecule has 0 saturated carbocycles. The van der Waals surface area contributed by atoms with Crippen LogP contribution in [0.1, 0.15) is 46.9 Å². The molecular formula is C16H30N4S. The van der Waals surface area contributed by atoms with E-state index in [0.29, 0.717) is 6.04 Å². The Balaban J connectivity index is 3.17. The molecule has 1 atom stereocenters. The lowest BCUT2D eigenvalue weighted by Gasteiger charge is -2.29. The Morgan fingerprint density at radius 2 is 1.95 bits per heavy atom. The maximum Gasteiger partial charge on any atom is 0.138 e. The molecule has 0 aliphatic heterocycles. The number of aromatic nitrogens is 2. The standard InChI is InChI=1S/C16H30N4S/c1-8-12(11-21-7)20(6)14-10-13(17-9-2)18-15(19-14)16(3,4)5/h10,12H,8-9,11H2,1-7H3,(H,17,18,19). The van der Waals surface area contributed by atoms with Gasteiger partial charge < -0.3 is 10.2 Å². The van der Waals surface area contributed by atoms with Crippen LogP contribution >= 0.6 is 11.8 Å². The van der Waals surface area contributed by atoms with Crippen molar-refractivity contribution in [3.63, 3.8) is 0 Å². The van der Waals surface area contributed by atoms with Crippen molar-refractivity contribution >= 4 is 23.4 Å². The summed E-state index contributed by atoms with van der Waals surface area (Å²) in [7, 11) is 2.13. The topological polar surface area (TPSA) is 41.0 Å². The summed E-state index contributed by atoms with van der Waals surface area (Å²) in [4.78, 5) is 11.7. The zero-order valence-corrected chi connectivity index (χ0v) is 15.3. The Morgan fingerprint density at radius 3 is 2.43 bits per heavy atom. The molecular weight excluding hydrogens is 280 g/mol. The van der Waals surface area contributed by atoms with E-state index in [0.717, 1.165) is 36.2 Å². The van der Waals surface area contributed by atoms with Gasteiger partial charge in [0.25, 0.3) is 0 Å². The first-order valence-electron chi connectivity index (χ1n) is 7.68. The lowest BCUT2D eigenvalue weighted by Crippen LogP contribution is -2.34. The Labute approximate surface area is 134 Å². The third kappa shape index (κ3) is 5.06. The molecule has 120 valence electrons. The highest BCUT2D eigenvalue weighted by molar-refractivity contribution is 7.98. The molecule has 0 spiro atoms. The second kappa shape index (κ2) is 7.87. The van der Waals surface area contributed by atoms with E-state index in [2.05, 4.69) is 69.2 Å². The van der Waals surface area contributed by atoms with E-state index in [1.54, 1.807) is 0 Å². The highest BCUT2D eigenvalue weighted by atomic mass is 32.2. The predicted molar refractivity (Wildman–Crippen MR) is 95.8 cm³/mol. The van der Waals surface area contributed by atoms with Crippen molar-refractivity contribution in [2.24, 2.45) is 0 Å². The van der Waals surface area contributed by atoms with E-state index in [4.69, 9.17) is 4.98 Å². The van der Waals surface area contributed by atoms with Gasteiger partial charge in [0.15, 0.2) is 0 Å². The molecule has 0 amide bonds. The molecule has 4 nitrogen and oxygen atoms in total. The van der Waals surface area contributed by atoms with E-state index in [9.17, 15) is 0 Å². The summed E-state index contributed by atoms with van der Waals surface area (Å²) in [5.41, 5.74) is -0.0533. The van der Waals surface area contributed by atoms with Crippen molar-refractivity contribution in [3.8, 4) is 0 Å². The van der Waals surface area contributed by atoms with E-state index in [1.807, 2.05) is 11.8 Å². The molecule has 0 saturated heterocycles. The second-order valence-corrected chi connectivity index (χ2v) is 7.25. The average molecular weight is 311 g/mol. The predicted octanol–water partition coefficient (Wildman–Crippen LogP) is 3.78. The SMILES string of the molecule is CCNc1cc(N(C)C(CC)CSC)nc(C(C)(C)C)n1. The highest BCUT2D eigenvalue weighted by Gasteiger charge is 2.22. The summed E-state index contributed by atoms with van der Waals surface area (Å²) in [5, 5.41) is 3.32. The van der Waals surface area contributed by atoms with Gasteiger partial charge in [0, 0.05) is 36.9 Å². The van der Waals surface area contributed by atoms with Gasteiger partial charge in [-0.25, -0.2) is 9.97 Å². The van der Waals surface area contributed by atoms with Crippen LogP contribution in [0.2, 0.25) is 0 Å². The number of thioether (sulfide) groups is 1. The number of rotatable bonds is 7. The first-order chi connectivity index (χ1) is 9.83. The van der Waals surface area contributed by atoms with Crippen LogP contribution in [0.3, 0.4) is 0 Å². The molecule has 1 unspecified atom stereocenters. The van der Waals surface area contributed by atoms with Crippen LogP contribution in [-0.2, 0) is 5.41 Å². The minimum Gasteiger partial charge on any atom is -0.370 e. The summed E-state index contributed by atoms with van der Waals surface area (Å²) >= 11 is 1.88. The quantitative estimate of drug-likeness (QED) is 0.830. The van der Waals surface area contributed by atoms with Gasteiger partial charge in [0.1, 0.15) is 17.5 Å². The van der Waals surface area contributed by atoms with E-state index < -0.39 is 0 Å². The zero-order valence-electron chi connectivity index (χ0n) is 14.5. The molecule has 5 heteroatoms. The summed E-state index contributed by atoms with van der Waals surface area (Å²) in [6.45, 7) is 11.6. The van der Waals surface area contributed by atoms with Gasteiger partial charge in [-0.1, -0.05) is 27.7 Å². The molecule has 1 heterocycles. The zero-order chi connectivity index (χ0) is 16.0. The lowest BCUT2D eigenvalue weighted by molar-refractivity contribution is 0.543. The lowest BCUT2D eigenvalue weighted by atomic mass is 9.95. The number of hydrogen-bond donors (Lipinski definition) is 1. The maximum atomic E-state index is 4.80. The van der Waals surface area contributed by atoms with Crippen molar-refractivity contribution in [2.45, 2.75) is 52.5 Å². The molecule has 1 aromatic heterocycles. The fourth-order valence-electron chi connectivity index (χ4n) is 2.11. The van der Waals surface area contributed by atoms with Gasteiger partial charge in [-0.15, -0.1) is 0 Å². The molecule has 0 fully saturated rings. The fourth-order valence-corrected chi connectivity index (χ4v) is 2.95. The summed E-state index contributed by atoms with van der Waals surface area (Å²) in [5.74, 6) is 3.92. The Kier molecular flexibility index (Phi) is 6.78. The minimum absolute atomic E-state index is 0.0533. The van der Waals surface area contributed by atoms with Crippen LogP contribution in [-0.4, -0.2) is 41.6 Å². The Bertz CT molecular complexity index is 442. The molecule has 21 heavy (non-hydrogen) atoms. The molecule has 0 aromatic carbocycles. The maximum absolute atomic E-state index is 4.80. The third-order valence-electron chi connectivity index (χ3n) is 3.48. The molecule has 0 aliphatic carbocycles. The van der Waals surface area contributed by atoms with E-state index >= 15 is 0 Å². The number of anilines is 2. The second-order valence-electron chi connectivity index (χ2n) is 6.34. The van der Waals surface area contributed by atoms with Crippen molar-refractivity contribution in [2.75, 3.05) is 35.8 Å². The van der Waals surface area contributed by atoms with Crippen LogP contribution in [0.15, 0.2) is 6.07 Å². The van der Waals surface area contributed by atoms with Crippen molar-refractivity contribution in [1.29, 1.82) is 0 Å².